The molecule has 3 nitrogen and oxygen atoms in total. The van der Waals surface area contributed by atoms with Crippen molar-refractivity contribution < 1.29 is 4.79 Å². The third kappa shape index (κ3) is 2.73. The Hall–Kier alpha value is -2.13. The quantitative estimate of drug-likeness (QED) is 0.897. The summed E-state index contributed by atoms with van der Waals surface area (Å²) >= 11 is 0. The second-order valence-electron chi connectivity index (χ2n) is 5.26. The van der Waals surface area contributed by atoms with Crippen LogP contribution in [0, 0.1) is 0 Å². The summed E-state index contributed by atoms with van der Waals surface area (Å²) in [7, 11) is 0. The van der Waals surface area contributed by atoms with Crippen LogP contribution in [0.1, 0.15) is 29.2 Å². The number of benzene rings is 2. The summed E-state index contributed by atoms with van der Waals surface area (Å²) in [5.74, 6) is 0.0961. The van der Waals surface area contributed by atoms with Crippen molar-refractivity contribution in [3.8, 4) is 0 Å². The van der Waals surface area contributed by atoms with Crippen LogP contribution in [0.2, 0.25) is 0 Å². The van der Waals surface area contributed by atoms with Crippen molar-refractivity contribution in [2.24, 2.45) is 5.73 Å². The maximum absolute atomic E-state index is 11.3. The van der Waals surface area contributed by atoms with Crippen molar-refractivity contribution in [3.63, 3.8) is 0 Å². The Kier molecular flexibility index (Phi) is 3.52. The maximum Gasteiger partial charge on any atom is 0.224 e. The van der Waals surface area contributed by atoms with E-state index in [1.165, 1.54) is 11.1 Å². The summed E-state index contributed by atoms with van der Waals surface area (Å²) in [4.78, 5) is 11.3. The zero-order chi connectivity index (χ0) is 13.9. The van der Waals surface area contributed by atoms with Gasteiger partial charge < -0.3 is 11.1 Å². The second-order valence-corrected chi connectivity index (χ2v) is 5.26. The first kappa shape index (κ1) is 12.9. The lowest BCUT2D eigenvalue weighted by atomic mass is 9.94. The number of aryl methyl sites for hydroxylation is 1. The predicted molar refractivity (Wildman–Crippen MR) is 80.5 cm³/mol. The third-order valence-corrected chi connectivity index (χ3v) is 3.75. The first-order valence-corrected chi connectivity index (χ1v) is 6.94. The first-order chi connectivity index (χ1) is 9.72. The van der Waals surface area contributed by atoms with Gasteiger partial charge in [0.1, 0.15) is 0 Å². The summed E-state index contributed by atoms with van der Waals surface area (Å²) < 4.78 is 0. The number of anilines is 1. The van der Waals surface area contributed by atoms with E-state index in [1.54, 1.807) is 0 Å². The van der Waals surface area contributed by atoms with Crippen molar-refractivity contribution in [2.45, 2.75) is 25.3 Å². The van der Waals surface area contributed by atoms with Gasteiger partial charge in [0, 0.05) is 18.2 Å². The molecule has 1 amide bonds. The Morgan fingerprint density at radius 3 is 2.70 bits per heavy atom. The van der Waals surface area contributed by atoms with Crippen LogP contribution in [0.5, 0.6) is 0 Å². The van der Waals surface area contributed by atoms with Gasteiger partial charge in [-0.25, -0.2) is 0 Å². The van der Waals surface area contributed by atoms with Gasteiger partial charge >= 0.3 is 0 Å². The van der Waals surface area contributed by atoms with E-state index in [4.69, 9.17) is 5.73 Å². The van der Waals surface area contributed by atoms with Gasteiger partial charge in [-0.05, 0) is 35.6 Å². The van der Waals surface area contributed by atoms with Gasteiger partial charge in [0.15, 0.2) is 0 Å². The van der Waals surface area contributed by atoms with E-state index in [9.17, 15) is 4.79 Å². The average molecular weight is 266 g/mol. The highest BCUT2D eigenvalue weighted by atomic mass is 16.1. The molecule has 102 valence electrons. The molecule has 3 N–H and O–H groups in total. The Morgan fingerprint density at radius 2 is 1.90 bits per heavy atom. The largest absolute Gasteiger partial charge is 0.326 e. The molecule has 0 spiro atoms. The van der Waals surface area contributed by atoms with E-state index >= 15 is 0 Å². The minimum Gasteiger partial charge on any atom is -0.326 e. The van der Waals surface area contributed by atoms with Gasteiger partial charge in [-0.15, -0.1) is 0 Å². The number of fused-ring (bicyclic) bond motifs is 1. The molecule has 0 aromatic heterocycles. The molecule has 0 saturated heterocycles. The lowest BCUT2D eigenvalue weighted by Gasteiger charge is -2.20. The number of rotatable bonds is 3. The minimum atomic E-state index is -0.0136. The van der Waals surface area contributed by atoms with Crippen LogP contribution in [-0.2, 0) is 17.6 Å². The van der Waals surface area contributed by atoms with Gasteiger partial charge in [0.05, 0.1) is 0 Å². The number of hydrogen-bond donors (Lipinski definition) is 2. The third-order valence-electron chi connectivity index (χ3n) is 3.75. The average Bonchev–Trinajstić information content (AvgIpc) is 2.47. The summed E-state index contributed by atoms with van der Waals surface area (Å²) in [6.45, 7) is 0. The molecule has 1 atom stereocenters. The fraction of sp³-hybridized carbons (Fsp3) is 0.235. The number of hydrogen-bond acceptors (Lipinski definition) is 2. The molecule has 1 unspecified atom stereocenters. The predicted octanol–water partition coefficient (Wildman–Crippen LogP) is 2.81. The van der Waals surface area contributed by atoms with Gasteiger partial charge in [-0.1, -0.05) is 42.5 Å². The first-order valence-electron chi connectivity index (χ1n) is 6.94. The molecule has 3 rings (SSSR count). The molecule has 0 fully saturated rings. The molecule has 2 aromatic rings. The molecule has 0 radical (unpaired) electrons. The molecule has 1 heterocycles. The van der Waals surface area contributed by atoms with Gasteiger partial charge in [0.25, 0.3) is 0 Å². The summed E-state index contributed by atoms with van der Waals surface area (Å²) in [5, 5.41) is 2.90. The highest BCUT2D eigenvalue weighted by Gasteiger charge is 2.16. The zero-order valence-corrected chi connectivity index (χ0v) is 11.3. The van der Waals surface area contributed by atoms with E-state index in [0.717, 1.165) is 24.1 Å². The monoisotopic (exact) mass is 266 g/mol. The van der Waals surface area contributed by atoms with Crippen LogP contribution in [0.15, 0.2) is 48.5 Å². The Bertz CT molecular complexity index is 622. The number of amides is 1. The van der Waals surface area contributed by atoms with Crippen molar-refractivity contribution in [1.82, 2.24) is 0 Å². The lowest BCUT2D eigenvalue weighted by molar-refractivity contribution is -0.116. The molecule has 2 aromatic carbocycles. The highest BCUT2D eigenvalue weighted by molar-refractivity contribution is 5.93. The van der Waals surface area contributed by atoms with Crippen molar-refractivity contribution in [3.05, 3.63) is 65.2 Å². The van der Waals surface area contributed by atoms with E-state index in [2.05, 4.69) is 23.5 Å². The fourth-order valence-electron chi connectivity index (χ4n) is 2.62. The van der Waals surface area contributed by atoms with Crippen LogP contribution in [0.4, 0.5) is 5.69 Å². The van der Waals surface area contributed by atoms with Crippen LogP contribution in [0.3, 0.4) is 0 Å². The number of carbonyl (C=O) groups is 1. The normalized spacial score (nSPS) is 15.3. The highest BCUT2D eigenvalue weighted by Crippen LogP contribution is 2.26. The van der Waals surface area contributed by atoms with Crippen LogP contribution in [-0.4, -0.2) is 5.91 Å². The molecule has 3 heteroatoms. The molecule has 0 saturated carbocycles. The molecular formula is C17H18N2O. The van der Waals surface area contributed by atoms with Gasteiger partial charge in [0.2, 0.25) is 5.91 Å². The molecular weight excluding hydrogens is 248 g/mol. The Morgan fingerprint density at radius 1 is 1.10 bits per heavy atom. The smallest absolute Gasteiger partial charge is 0.224 e. The summed E-state index contributed by atoms with van der Waals surface area (Å²) in [6.07, 6.45) is 2.18. The van der Waals surface area contributed by atoms with Gasteiger partial charge in [-0.3, -0.25) is 4.79 Å². The van der Waals surface area contributed by atoms with Crippen molar-refractivity contribution >= 4 is 11.6 Å². The second kappa shape index (κ2) is 5.47. The zero-order valence-electron chi connectivity index (χ0n) is 11.3. The van der Waals surface area contributed by atoms with E-state index in [-0.39, 0.29) is 11.9 Å². The van der Waals surface area contributed by atoms with E-state index in [0.29, 0.717) is 6.42 Å². The number of carbonyl (C=O) groups excluding carboxylic acids is 1. The van der Waals surface area contributed by atoms with Gasteiger partial charge in [-0.2, -0.15) is 0 Å². The summed E-state index contributed by atoms with van der Waals surface area (Å²) in [6, 6.07) is 16.4. The number of nitrogens with two attached hydrogens (primary N) is 1. The van der Waals surface area contributed by atoms with E-state index in [1.807, 2.05) is 30.3 Å². The van der Waals surface area contributed by atoms with E-state index < -0.39 is 0 Å². The maximum atomic E-state index is 11.3. The van der Waals surface area contributed by atoms with Crippen LogP contribution < -0.4 is 11.1 Å². The topological polar surface area (TPSA) is 55.1 Å². The van der Waals surface area contributed by atoms with Crippen LogP contribution >= 0.6 is 0 Å². The van der Waals surface area contributed by atoms with Crippen molar-refractivity contribution in [1.29, 1.82) is 0 Å². The number of nitrogens with one attached hydrogen (secondary N) is 1. The minimum absolute atomic E-state index is 0.0136. The standard InChI is InChI=1S/C17H18N2O/c18-15(10-12-4-2-1-3-5-12)13-6-8-16-14(11-13)7-9-17(20)19-16/h1-6,8,11,15H,7,9-10,18H2,(H,19,20). The SMILES string of the molecule is NC(Cc1ccccc1)c1ccc2c(c1)CCC(=O)N2. The fourth-order valence-corrected chi connectivity index (χ4v) is 2.62. The molecule has 20 heavy (non-hydrogen) atoms. The summed E-state index contributed by atoms with van der Waals surface area (Å²) in [5.41, 5.74) is 10.8. The Labute approximate surface area is 118 Å². The molecule has 0 bridgehead atoms. The lowest BCUT2D eigenvalue weighted by Crippen LogP contribution is -2.20. The van der Waals surface area contributed by atoms with Crippen LogP contribution in [0.25, 0.3) is 0 Å². The molecule has 1 aliphatic heterocycles. The Balaban J connectivity index is 1.79. The van der Waals surface area contributed by atoms with Crippen molar-refractivity contribution in [2.75, 3.05) is 5.32 Å². The molecule has 0 aliphatic carbocycles. The molecule has 1 aliphatic rings.